The zero-order valence-corrected chi connectivity index (χ0v) is 18.8. The Balaban J connectivity index is 2.21. The van der Waals surface area contributed by atoms with Gasteiger partial charge in [0.2, 0.25) is 0 Å². The predicted molar refractivity (Wildman–Crippen MR) is 123 cm³/mol. The lowest BCUT2D eigenvalue weighted by molar-refractivity contribution is -0.139. The number of hydrogen-bond donors (Lipinski definition) is 1. The van der Waals surface area contributed by atoms with E-state index in [1.54, 1.807) is 24.3 Å². The van der Waals surface area contributed by atoms with Crippen molar-refractivity contribution in [1.82, 2.24) is 0 Å². The lowest BCUT2D eigenvalue weighted by Crippen LogP contribution is -2.12. The van der Waals surface area contributed by atoms with E-state index < -0.39 is 12.6 Å². The molecule has 0 aromatic heterocycles. The van der Waals surface area contributed by atoms with E-state index in [-0.39, 0.29) is 22.5 Å². The Hall–Kier alpha value is -3.34. The summed E-state index contributed by atoms with van der Waals surface area (Å²) < 4.78 is 11.0. The van der Waals surface area contributed by atoms with E-state index in [4.69, 9.17) is 14.6 Å². The minimum Gasteiger partial charge on any atom is -0.489 e. The third kappa shape index (κ3) is 7.78. The number of rotatable bonds is 9. The van der Waals surface area contributed by atoms with Crippen LogP contribution in [0.25, 0.3) is 6.08 Å². The zero-order chi connectivity index (χ0) is 23.0. The maximum atomic E-state index is 12.8. The first kappa shape index (κ1) is 23.9. The molecule has 0 fully saturated rings. The van der Waals surface area contributed by atoms with Crippen LogP contribution in [0.15, 0.2) is 60.2 Å². The number of benzene rings is 2. The van der Waals surface area contributed by atoms with Crippen molar-refractivity contribution >= 4 is 17.8 Å². The number of ether oxygens (including phenoxy) is 2. The second-order valence-corrected chi connectivity index (χ2v) is 8.50. The van der Waals surface area contributed by atoms with Crippen LogP contribution in [0.1, 0.15) is 56.1 Å². The lowest BCUT2D eigenvalue weighted by atomic mass is 9.87. The molecule has 0 saturated heterocycles. The molecule has 0 radical (unpaired) electrons. The number of hydrogen-bond acceptors (Lipinski definition) is 4. The second-order valence-electron chi connectivity index (χ2n) is 8.50. The van der Waals surface area contributed by atoms with E-state index in [9.17, 15) is 9.59 Å². The van der Waals surface area contributed by atoms with Crippen molar-refractivity contribution in [3.63, 3.8) is 0 Å². The minimum atomic E-state index is -1.12. The maximum Gasteiger partial charge on any atom is 0.341 e. The molecule has 2 aromatic rings. The number of carbonyl (C=O) groups excluding carboxylic acids is 1. The topological polar surface area (TPSA) is 72.8 Å². The van der Waals surface area contributed by atoms with Gasteiger partial charge in [0.05, 0.1) is 5.56 Å². The third-order valence-electron chi connectivity index (χ3n) is 4.52. The Bertz CT molecular complexity index is 972. The van der Waals surface area contributed by atoms with Crippen LogP contribution < -0.4 is 9.47 Å². The van der Waals surface area contributed by atoms with E-state index in [0.717, 1.165) is 11.1 Å². The maximum absolute atomic E-state index is 12.8. The summed E-state index contributed by atoms with van der Waals surface area (Å²) in [5, 5.41) is 8.94. The Morgan fingerprint density at radius 3 is 2.26 bits per heavy atom. The highest BCUT2D eigenvalue weighted by Crippen LogP contribution is 2.27. The van der Waals surface area contributed by atoms with Crippen molar-refractivity contribution < 1.29 is 24.2 Å². The number of aliphatic carboxylic acids is 1. The Morgan fingerprint density at radius 2 is 1.68 bits per heavy atom. The summed E-state index contributed by atoms with van der Waals surface area (Å²) in [5.74, 6) is -0.731. The summed E-state index contributed by atoms with van der Waals surface area (Å²) in [4.78, 5) is 23.7. The number of carboxylic acids is 1. The SMILES string of the molecule is CC(C)=CCOc1ccc(C(=O)C=Cc2ccc(C(C)(C)C)cc2)c(OCC(=O)O)c1. The molecule has 0 aliphatic heterocycles. The first-order chi connectivity index (χ1) is 14.6. The summed E-state index contributed by atoms with van der Waals surface area (Å²) in [6.45, 7) is 10.2. The smallest absolute Gasteiger partial charge is 0.341 e. The van der Waals surface area contributed by atoms with Gasteiger partial charge in [0.15, 0.2) is 12.4 Å². The molecule has 0 saturated carbocycles. The van der Waals surface area contributed by atoms with Gasteiger partial charge in [0, 0.05) is 6.07 Å². The van der Waals surface area contributed by atoms with Crippen LogP contribution in [0.3, 0.4) is 0 Å². The molecule has 0 heterocycles. The van der Waals surface area contributed by atoms with Crippen LogP contribution in [0.5, 0.6) is 11.5 Å². The van der Waals surface area contributed by atoms with E-state index in [1.807, 2.05) is 44.2 Å². The number of allylic oxidation sites excluding steroid dienone is 2. The Labute approximate surface area is 184 Å². The van der Waals surface area contributed by atoms with Gasteiger partial charge in [-0.15, -0.1) is 0 Å². The molecule has 164 valence electrons. The highest BCUT2D eigenvalue weighted by molar-refractivity contribution is 6.08. The molecule has 0 spiro atoms. The summed E-state index contributed by atoms with van der Waals surface area (Å²) in [7, 11) is 0. The number of ketones is 1. The van der Waals surface area contributed by atoms with E-state index in [1.165, 1.54) is 11.6 Å². The van der Waals surface area contributed by atoms with Crippen LogP contribution in [-0.4, -0.2) is 30.1 Å². The van der Waals surface area contributed by atoms with Crippen molar-refractivity contribution in [2.75, 3.05) is 13.2 Å². The molecular weight excluding hydrogens is 392 g/mol. The monoisotopic (exact) mass is 422 g/mol. The molecular formula is C26H30O5. The van der Waals surface area contributed by atoms with Crippen LogP contribution in [0.4, 0.5) is 0 Å². The van der Waals surface area contributed by atoms with Crippen molar-refractivity contribution in [2.45, 2.75) is 40.0 Å². The molecule has 2 aromatic carbocycles. The third-order valence-corrected chi connectivity index (χ3v) is 4.52. The van der Waals surface area contributed by atoms with Gasteiger partial charge in [-0.25, -0.2) is 4.79 Å². The van der Waals surface area contributed by atoms with Gasteiger partial charge < -0.3 is 14.6 Å². The van der Waals surface area contributed by atoms with E-state index >= 15 is 0 Å². The summed E-state index contributed by atoms with van der Waals surface area (Å²) in [6.07, 6.45) is 5.11. The molecule has 0 unspecified atom stereocenters. The predicted octanol–water partition coefficient (Wildman–Crippen LogP) is 5.69. The number of carboxylic acid groups (broad SMARTS) is 1. The van der Waals surface area contributed by atoms with E-state index in [0.29, 0.717) is 12.4 Å². The first-order valence-corrected chi connectivity index (χ1v) is 10.1. The quantitative estimate of drug-likeness (QED) is 0.319. The van der Waals surface area contributed by atoms with Crippen LogP contribution in [0.2, 0.25) is 0 Å². The lowest BCUT2D eigenvalue weighted by Gasteiger charge is -2.18. The van der Waals surface area contributed by atoms with Crippen LogP contribution in [-0.2, 0) is 10.2 Å². The van der Waals surface area contributed by atoms with Crippen molar-refractivity contribution in [3.05, 3.63) is 76.9 Å². The van der Waals surface area contributed by atoms with Crippen LogP contribution >= 0.6 is 0 Å². The molecule has 0 bridgehead atoms. The second kappa shape index (κ2) is 10.6. The molecule has 31 heavy (non-hydrogen) atoms. The number of carbonyl (C=O) groups is 2. The summed E-state index contributed by atoms with van der Waals surface area (Å²) in [5.41, 5.74) is 3.57. The standard InChI is InChI=1S/C26H30O5/c1-18(2)14-15-30-21-11-12-22(24(16-21)31-17-25(28)29)23(27)13-8-19-6-9-20(10-7-19)26(3,4)5/h6-14,16H,15,17H2,1-5H3,(H,28,29). The van der Waals surface area contributed by atoms with Gasteiger partial charge in [-0.1, -0.05) is 56.7 Å². The largest absolute Gasteiger partial charge is 0.489 e. The van der Waals surface area contributed by atoms with Gasteiger partial charge >= 0.3 is 5.97 Å². The molecule has 0 aliphatic rings. The van der Waals surface area contributed by atoms with Crippen LogP contribution in [0, 0.1) is 0 Å². The molecule has 1 N–H and O–H groups in total. The summed E-state index contributed by atoms with van der Waals surface area (Å²) in [6, 6.07) is 12.8. The molecule has 2 rings (SSSR count). The average molecular weight is 423 g/mol. The highest BCUT2D eigenvalue weighted by Gasteiger charge is 2.14. The fraction of sp³-hybridized carbons (Fsp3) is 0.308. The fourth-order valence-electron chi connectivity index (χ4n) is 2.72. The van der Waals surface area contributed by atoms with Crippen molar-refractivity contribution in [1.29, 1.82) is 0 Å². The van der Waals surface area contributed by atoms with Gasteiger partial charge in [-0.3, -0.25) is 4.79 Å². The molecule has 5 heteroatoms. The summed E-state index contributed by atoms with van der Waals surface area (Å²) >= 11 is 0. The minimum absolute atomic E-state index is 0.0594. The van der Waals surface area contributed by atoms with Crippen molar-refractivity contribution in [3.8, 4) is 11.5 Å². The zero-order valence-electron chi connectivity index (χ0n) is 18.8. The molecule has 0 atom stereocenters. The normalized spacial score (nSPS) is 11.3. The Kier molecular flexibility index (Phi) is 8.20. The van der Waals surface area contributed by atoms with Crippen molar-refractivity contribution in [2.24, 2.45) is 0 Å². The molecule has 0 aliphatic carbocycles. The Morgan fingerprint density at radius 1 is 1.00 bits per heavy atom. The fourth-order valence-corrected chi connectivity index (χ4v) is 2.72. The van der Waals surface area contributed by atoms with Gasteiger partial charge in [-0.05, 0) is 54.7 Å². The van der Waals surface area contributed by atoms with Gasteiger partial charge in [0.1, 0.15) is 18.1 Å². The molecule has 0 amide bonds. The molecule has 5 nitrogen and oxygen atoms in total. The van der Waals surface area contributed by atoms with E-state index in [2.05, 4.69) is 20.8 Å². The average Bonchev–Trinajstić information content (AvgIpc) is 2.70. The first-order valence-electron chi connectivity index (χ1n) is 10.1. The van der Waals surface area contributed by atoms with Gasteiger partial charge in [-0.2, -0.15) is 0 Å². The highest BCUT2D eigenvalue weighted by atomic mass is 16.5. The van der Waals surface area contributed by atoms with Gasteiger partial charge in [0.25, 0.3) is 0 Å².